The highest BCUT2D eigenvalue weighted by Gasteiger charge is 2.38. The highest BCUT2D eigenvalue weighted by molar-refractivity contribution is 9.09. The van der Waals surface area contributed by atoms with Crippen LogP contribution in [-0.2, 0) is 6.42 Å². The quantitative estimate of drug-likeness (QED) is 0.395. The fourth-order valence-electron chi connectivity index (χ4n) is 2.08. The van der Waals surface area contributed by atoms with Crippen LogP contribution in [-0.4, -0.2) is 11.5 Å². The lowest BCUT2D eigenvalue weighted by molar-refractivity contribution is -0.169. The van der Waals surface area contributed by atoms with Gasteiger partial charge in [0.25, 0.3) is 0 Å². The van der Waals surface area contributed by atoms with Crippen molar-refractivity contribution in [2.45, 2.75) is 19.0 Å². The first-order chi connectivity index (χ1) is 11.0. The van der Waals surface area contributed by atoms with Crippen molar-refractivity contribution in [3.63, 3.8) is 0 Å². The molecule has 0 bridgehead atoms. The molecule has 23 heavy (non-hydrogen) atoms. The van der Waals surface area contributed by atoms with Gasteiger partial charge in [-0.25, -0.2) is 0 Å². The molecule has 0 N–H and O–H groups in total. The molecule has 2 rings (SSSR count). The molecular weight excluding hydrogens is 369 g/mol. The molecule has 2 nitrogen and oxygen atoms in total. The summed E-state index contributed by atoms with van der Waals surface area (Å²) < 4.78 is 38.5. The van der Waals surface area contributed by atoms with Crippen LogP contribution >= 0.6 is 15.9 Å². The highest BCUT2D eigenvalue weighted by Crippen LogP contribution is 2.32. The van der Waals surface area contributed by atoms with Crippen LogP contribution < -0.4 is 0 Å². The Hall–Kier alpha value is -1.69. The molecule has 0 amide bonds. The van der Waals surface area contributed by atoms with Gasteiger partial charge in [-0.2, -0.15) is 23.4 Å². The number of hydrogen-bond donors (Lipinski definition) is 0. The van der Waals surface area contributed by atoms with E-state index < -0.39 is 12.1 Å². The number of halogens is 4. The molecule has 122 valence electrons. The lowest BCUT2D eigenvalue weighted by Gasteiger charge is -2.17. The molecule has 0 saturated heterocycles. The van der Waals surface area contributed by atoms with Gasteiger partial charge in [0, 0.05) is 5.33 Å². The van der Waals surface area contributed by atoms with E-state index in [0.717, 1.165) is 5.56 Å². The predicted molar refractivity (Wildman–Crippen MR) is 88.7 cm³/mol. The Kier molecular flexibility index (Phi) is 6.33. The van der Waals surface area contributed by atoms with E-state index in [4.69, 9.17) is 0 Å². The van der Waals surface area contributed by atoms with Crippen molar-refractivity contribution in [3.05, 3.63) is 60.2 Å². The summed E-state index contributed by atoms with van der Waals surface area (Å²) in [5.74, 6) is -1.36. The average Bonchev–Trinajstić information content (AvgIpc) is 2.54. The standard InChI is InChI=1S/C17H16BrF3N2/c18-12-14(17(19,20)21)11-10-13-6-4-5-9-16(13)23-22-15-7-2-1-3-8-15/h1-9,14H,10-12H2. The van der Waals surface area contributed by atoms with Gasteiger partial charge in [-0.1, -0.05) is 52.3 Å². The molecule has 2 aromatic rings. The maximum Gasteiger partial charge on any atom is 0.392 e. The minimum Gasteiger partial charge on any atom is -0.171 e. The van der Waals surface area contributed by atoms with E-state index >= 15 is 0 Å². The summed E-state index contributed by atoms with van der Waals surface area (Å²) in [4.78, 5) is 0. The first-order valence-electron chi connectivity index (χ1n) is 7.18. The SMILES string of the molecule is FC(F)(F)C(CBr)CCc1ccccc1N=Nc1ccccc1. The second kappa shape index (κ2) is 8.24. The molecule has 0 radical (unpaired) electrons. The van der Waals surface area contributed by atoms with Crippen LogP contribution in [0.15, 0.2) is 64.8 Å². The maximum atomic E-state index is 12.8. The van der Waals surface area contributed by atoms with Gasteiger partial charge < -0.3 is 0 Å². The smallest absolute Gasteiger partial charge is 0.171 e. The summed E-state index contributed by atoms with van der Waals surface area (Å²) in [5, 5.41) is 8.21. The summed E-state index contributed by atoms with van der Waals surface area (Å²) >= 11 is 2.94. The number of azo groups is 1. The van der Waals surface area contributed by atoms with E-state index in [-0.39, 0.29) is 11.8 Å². The van der Waals surface area contributed by atoms with Crippen LogP contribution in [0.2, 0.25) is 0 Å². The number of benzene rings is 2. The minimum absolute atomic E-state index is 0.0205. The molecule has 1 unspecified atom stereocenters. The predicted octanol–water partition coefficient (Wildman–Crippen LogP) is 6.61. The number of aryl methyl sites for hydroxylation is 1. The molecule has 1 atom stereocenters. The van der Waals surface area contributed by atoms with E-state index in [1.165, 1.54) is 0 Å². The van der Waals surface area contributed by atoms with Gasteiger partial charge in [0.15, 0.2) is 0 Å². The summed E-state index contributed by atoms with van der Waals surface area (Å²) in [6, 6.07) is 16.4. The normalized spacial score (nSPS) is 13.4. The van der Waals surface area contributed by atoms with Crippen LogP contribution in [0.1, 0.15) is 12.0 Å². The van der Waals surface area contributed by atoms with E-state index in [1.807, 2.05) is 30.3 Å². The first kappa shape index (κ1) is 17.7. The zero-order valence-corrected chi connectivity index (χ0v) is 13.9. The fraction of sp³-hybridized carbons (Fsp3) is 0.294. The van der Waals surface area contributed by atoms with Gasteiger partial charge in [0.1, 0.15) is 0 Å². The molecule has 0 fully saturated rings. The van der Waals surface area contributed by atoms with Gasteiger partial charge in [-0.3, -0.25) is 0 Å². The third-order valence-corrected chi connectivity index (χ3v) is 4.21. The third-order valence-electron chi connectivity index (χ3n) is 3.43. The van der Waals surface area contributed by atoms with Crippen LogP contribution in [0.5, 0.6) is 0 Å². The first-order valence-corrected chi connectivity index (χ1v) is 8.30. The topological polar surface area (TPSA) is 24.7 Å². The lowest BCUT2D eigenvalue weighted by Crippen LogP contribution is -2.24. The molecule has 0 aliphatic rings. The number of nitrogens with zero attached hydrogens (tertiary/aromatic N) is 2. The molecule has 0 aliphatic heterocycles. The van der Waals surface area contributed by atoms with Crippen LogP contribution in [0, 0.1) is 5.92 Å². The molecule has 6 heteroatoms. The van der Waals surface area contributed by atoms with Crippen LogP contribution in [0.25, 0.3) is 0 Å². The van der Waals surface area contributed by atoms with Crippen molar-refractivity contribution >= 4 is 27.3 Å². The maximum absolute atomic E-state index is 12.8. The summed E-state index contributed by atoms with van der Waals surface area (Å²) in [7, 11) is 0. The van der Waals surface area contributed by atoms with Gasteiger partial charge in [0.05, 0.1) is 17.3 Å². The largest absolute Gasteiger partial charge is 0.392 e. The molecule has 0 aromatic heterocycles. The molecule has 0 heterocycles. The average molecular weight is 385 g/mol. The van der Waals surface area contributed by atoms with E-state index in [2.05, 4.69) is 26.2 Å². The van der Waals surface area contributed by atoms with Gasteiger partial charge in [-0.15, -0.1) is 0 Å². The molecule has 2 aromatic carbocycles. The Balaban J connectivity index is 2.10. The molecule has 0 saturated carbocycles. The second-order valence-electron chi connectivity index (χ2n) is 5.10. The number of hydrogen-bond acceptors (Lipinski definition) is 2. The van der Waals surface area contributed by atoms with Gasteiger partial charge in [0.2, 0.25) is 0 Å². The van der Waals surface area contributed by atoms with Crippen molar-refractivity contribution in [1.29, 1.82) is 0 Å². The summed E-state index contributed by atoms with van der Waals surface area (Å²) in [6.45, 7) is 0. The Morgan fingerprint density at radius 2 is 1.57 bits per heavy atom. The van der Waals surface area contributed by atoms with E-state index in [1.54, 1.807) is 24.3 Å². The third kappa shape index (κ3) is 5.46. The van der Waals surface area contributed by atoms with E-state index in [0.29, 0.717) is 17.8 Å². The molecule has 0 aliphatic carbocycles. The Morgan fingerprint density at radius 3 is 2.22 bits per heavy atom. The van der Waals surface area contributed by atoms with Crippen LogP contribution in [0.4, 0.5) is 24.5 Å². The minimum atomic E-state index is -4.19. The summed E-state index contributed by atoms with van der Waals surface area (Å²) in [5.41, 5.74) is 2.07. The lowest BCUT2D eigenvalue weighted by atomic mass is 9.99. The monoisotopic (exact) mass is 384 g/mol. The molecular formula is C17H16BrF3N2. The van der Waals surface area contributed by atoms with Crippen molar-refractivity contribution in [1.82, 2.24) is 0 Å². The zero-order valence-electron chi connectivity index (χ0n) is 12.3. The Labute approximate surface area is 141 Å². The van der Waals surface area contributed by atoms with Crippen molar-refractivity contribution in [3.8, 4) is 0 Å². The Morgan fingerprint density at radius 1 is 0.913 bits per heavy atom. The van der Waals surface area contributed by atoms with E-state index in [9.17, 15) is 13.2 Å². The van der Waals surface area contributed by atoms with Crippen molar-refractivity contribution < 1.29 is 13.2 Å². The fourth-order valence-corrected chi connectivity index (χ4v) is 2.77. The van der Waals surface area contributed by atoms with Crippen molar-refractivity contribution in [2.24, 2.45) is 16.1 Å². The highest BCUT2D eigenvalue weighted by atomic mass is 79.9. The zero-order chi connectivity index (χ0) is 16.7. The molecule has 0 spiro atoms. The number of alkyl halides is 4. The summed E-state index contributed by atoms with van der Waals surface area (Å²) in [6.07, 6.45) is -3.86. The van der Waals surface area contributed by atoms with Crippen LogP contribution in [0.3, 0.4) is 0 Å². The van der Waals surface area contributed by atoms with Gasteiger partial charge >= 0.3 is 6.18 Å². The Bertz CT molecular complexity index is 642. The number of rotatable bonds is 6. The second-order valence-corrected chi connectivity index (χ2v) is 5.74. The van der Waals surface area contributed by atoms with Gasteiger partial charge in [-0.05, 0) is 36.6 Å². The van der Waals surface area contributed by atoms with Crippen molar-refractivity contribution in [2.75, 3.05) is 5.33 Å².